The van der Waals surface area contributed by atoms with Crippen molar-refractivity contribution in [3.8, 4) is 0 Å². The van der Waals surface area contributed by atoms with Crippen molar-refractivity contribution in [3.63, 3.8) is 0 Å². The summed E-state index contributed by atoms with van der Waals surface area (Å²) >= 11 is 0. The van der Waals surface area contributed by atoms with E-state index in [9.17, 15) is 5.11 Å². The Kier molecular flexibility index (Phi) is 4.71. The Labute approximate surface area is 104 Å². The second-order valence-electron chi connectivity index (χ2n) is 5.03. The highest BCUT2D eigenvalue weighted by Gasteiger charge is 2.33. The third-order valence-electron chi connectivity index (χ3n) is 3.90. The first-order valence-corrected chi connectivity index (χ1v) is 6.30. The Morgan fingerprint density at radius 1 is 1.47 bits per heavy atom. The second kappa shape index (κ2) is 5.65. The summed E-state index contributed by atoms with van der Waals surface area (Å²) in [5.74, 6) is 0. The van der Waals surface area contributed by atoms with E-state index in [-0.39, 0.29) is 11.6 Å². The first kappa shape index (κ1) is 14.2. The molecule has 0 aliphatic heterocycles. The normalized spacial score (nSPS) is 17.1. The van der Waals surface area contributed by atoms with E-state index in [0.29, 0.717) is 6.42 Å². The minimum atomic E-state index is -0.378. The quantitative estimate of drug-likeness (QED) is 0.818. The molecule has 0 saturated heterocycles. The third-order valence-corrected chi connectivity index (χ3v) is 3.90. The SMILES string of the molecule is CCn1cc(CC(O)C(C)(CC)N(C)C)cn1. The zero-order valence-corrected chi connectivity index (χ0v) is 11.6. The second-order valence-corrected chi connectivity index (χ2v) is 5.03. The third kappa shape index (κ3) is 3.07. The Morgan fingerprint density at radius 3 is 2.53 bits per heavy atom. The van der Waals surface area contributed by atoms with Crippen LogP contribution >= 0.6 is 0 Å². The minimum Gasteiger partial charge on any atom is -0.391 e. The first-order valence-electron chi connectivity index (χ1n) is 6.30. The topological polar surface area (TPSA) is 41.3 Å². The molecule has 1 heterocycles. The van der Waals surface area contributed by atoms with Crippen LogP contribution < -0.4 is 0 Å². The number of nitrogens with zero attached hydrogens (tertiary/aromatic N) is 3. The summed E-state index contributed by atoms with van der Waals surface area (Å²) < 4.78 is 1.89. The van der Waals surface area contributed by atoms with Crippen molar-refractivity contribution in [2.45, 2.75) is 51.8 Å². The van der Waals surface area contributed by atoms with Crippen LogP contribution in [0.4, 0.5) is 0 Å². The van der Waals surface area contributed by atoms with Gasteiger partial charge < -0.3 is 10.0 Å². The summed E-state index contributed by atoms with van der Waals surface area (Å²) in [7, 11) is 4.03. The molecule has 4 heteroatoms. The summed E-state index contributed by atoms with van der Waals surface area (Å²) in [6, 6.07) is 0. The summed E-state index contributed by atoms with van der Waals surface area (Å²) in [6.45, 7) is 7.14. The van der Waals surface area contributed by atoms with Gasteiger partial charge in [0.1, 0.15) is 0 Å². The summed E-state index contributed by atoms with van der Waals surface area (Å²) in [5.41, 5.74) is 0.912. The summed E-state index contributed by atoms with van der Waals surface area (Å²) in [4.78, 5) is 2.10. The fourth-order valence-corrected chi connectivity index (χ4v) is 1.98. The smallest absolute Gasteiger partial charge is 0.0762 e. The molecular formula is C13H25N3O. The summed E-state index contributed by atoms with van der Waals surface area (Å²) in [6.07, 6.45) is 5.05. The van der Waals surface area contributed by atoms with Crippen LogP contribution in [0.2, 0.25) is 0 Å². The molecule has 2 unspecified atom stereocenters. The zero-order valence-electron chi connectivity index (χ0n) is 11.6. The van der Waals surface area contributed by atoms with Gasteiger partial charge in [-0.2, -0.15) is 5.10 Å². The van der Waals surface area contributed by atoms with Crippen LogP contribution in [-0.2, 0) is 13.0 Å². The first-order chi connectivity index (χ1) is 7.93. The van der Waals surface area contributed by atoms with Crippen LogP contribution in [0.5, 0.6) is 0 Å². The van der Waals surface area contributed by atoms with E-state index < -0.39 is 0 Å². The lowest BCUT2D eigenvalue weighted by Crippen LogP contribution is -2.51. The lowest BCUT2D eigenvalue weighted by Gasteiger charge is -2.39. The van der Waals surface area contributed by atoms with Gasteiger partial charge in [0, 0.05) is 24.7 Å². The van der Waals surface area contributed by atoms with E-state index in [0.717, 1.165) is 18.5 Å². The van der Waals surface area contributed by atoms with E-state index >= 15 is 0 Å². The van der Waals surface area contributed by atoms with Gasteiger partial charge in [-0.25, -0.2) is 0 Å². The minimum absolute atomic E-state index is 0.186. The van der Waals surface area contributed by atoms with Crippen LogP contribution in [0.1, 0.15) is 32.8 Å². The number of likely N-dealkylation sites (N-methyl/N-ethyl adjacent to an activating group) is 1. The summed E-state index contributed by atoms with van der Waals surface area (Å²) in [5, 5.41) is 14.6. The Bertz CT molecular complexity index is 348. The van der Waals surface area contributed by atoms with Crippen LogP contribution in [0.15, 0.2) is 12.4 Å². The van der Waals surface area contributed by atoms with Crippen molar-refractivity contribution in [2.24, 2.45) is 0 Å². The van der Waals surface area contributed by atoms with Crippen molar-refractivity contribution in [1.82, 2.24) is 14.7 Å². The molecule has 0 fully saturated rings. The lowest BCUT2D eigenvalue weighted by molar-refractivity contribution is 0.00300. The maximum absolute atomic E-state index is 10.4. The molecule has 17 heavy (non-hydrogen) atoms. The van der Waals surface area contributed by atoms with Crippen molar-refractivity contribution < 1.29 is 5.11 Å². The lowest BCUT2D eigenvalue weighted by atomic mass is 9.87. The number of aryl methyl sites for hydroxylation is 1. The van der Waals surface area contributed by atoms with Gasteiger partial charge in [-0.1, -0.05) is 6.92 Å². The maximum Gasteiger partial charge on any atom is 0.0762 e. The molecule has 1 aromatic rings. The number of aliphatic hydroxyl groups is 1. The standard InChI is InChI=1S/C13H25N3O/c1-6-13(3,15(4)5)12(17)8-11-9-14-16(7-2)10-11/h9-10,12,17H,6-8H2,1-5H3. The number of aliphatic hydroxyl groups excluding tert-OH is 1. The molecule has 4 nitrogen and oxygen atoms in total. The number of rotatable bonds is 6. The molecular weight excluding hydrogens is 214 g/mol. The molecule has 0 amide bonds. The van der Waals surface area contributed by atoms with Crippen molar-refractivity contribution in [3.05, 3.63) is 18.0 Å². The molecule has 1 aromatic heterocycles. The Hall–Kier alpha value is -0.870. The highest BCUT2D eigenvalue weighted by Crippen LogP contribution is 2.23. The molecule has 1 N–H and O–H groups in total. The van der Waals surface area contributed by atoms with Gasteiger partial charge in [0.2, 0.25) is 0 Å². The predicted molar refractivity (Wildman–Crippen MR) is 70.0 cm³/mol. The molecule has 0 aliphatic rings. The monoisotopic (exact) mass is 239 g/mol. The van der Waals surface area contributed by atoms with E-state index in [1.54, 1.807) is 0 Å². The largest absolute Gasteiger partial charge is 0.391 e. The van der Waals surface area contributed by atoms with Gasteiger partial charge in [0.25, 0.3) is 0 Å². The fourth-order valence-electron chi connectivity index (χ4n) is 1.98. The Balaban J connectivity index is 2.73. The molecule has 2 atom stereocenters. The Morgan fingerprint density at radius 2 is 2.12 bits per heavy atom. The van der Waals surface area contributed by atoms with Gasteiger partial charge in [-0.15, -0.1) is 0 Å². The van der Waals surface area contributed by atoms with Gasteiger partial charge in [-0.05, 0) is 39.9 Å². The van der Waals surface area contributed by atoms with Crippen LogP contribution in [0, 0.1) is 0 Å². The van der Waals surface area contributed by atoms with Crippen LogP contribution in [0.25, 0.3) is 0 Å². The van der Waals surface area contributed by atoms with Gasteiger partial charge >= 0.3 is 0 Å². The van der Waals surface area contributed by atoms with Gasteiger partial charge in [-0.3, -0.25) is 4.68 Å². The fraction of sp³-hybridized carbons (Fsp3) is 0.769. The molecule has 98 valence electrons. The van der Waals surface area contributed by atoms with Gasteiger partial charge in [0.05, 0.1) is 12.3 Å². The number of hydrogen-bond acceptors (Lipinski definition) is 3. The average molecular weight is 239 g/mol. The van der Waals surface area contributed by atoms with Crippen molar-refractivity contribution in [1.29, 1.82) is 0 Å². The number of aromatic nitrogens is 2. The van der Waals surface area contributed by atoms with E-state index in [2.05, 4.69) is 30.8 Å². The molecule has 0 bridgehead atoms. The van der Waals surface area contributed by atoms with Crippen molar-refractivity contribution >= 4 is 0 Å². The highest BCUT2D eigenvalue weighted by atomic mass is 16.3. The van der Waals surface area contributed by atoms with Crippen LogP contribution in [0.3, 0.4) is 0 Å². The zero-order chi connectivity index (χ0) is 13.1. The molecule has 0 aromatic carbocycles. The highest BCUT2D eigenvalue weighted by molar-refractivity contribution is 5.08. The number of hydrogen-bond donors (Lipinski definition) is 1. The molecule has 0 radical (unpaired) electrons. The molecule has 0 aliphatic carbocycles. The molecule has 1 rings (SSSR count). The molecule has 0 saturated carbocycles. The predicted octanol–water partition coefficient (Wildman–Crippen LogP) is 1.54. The van der Waals surface area contributed by atoms with Gasteiger partial charge in [0.15, 0.2) is 0 Å². The van der Waals surface area contributed by atoms with E-state index in [4.69, 9.17) is 0 Å². The van der Waals surface area contributed by atoms with Crippen LogP contribution in [-0.4, -0.2) is 45.5 Å². The maximum atomic E-state index is 10.4. The van der Waals surface area contributed by atoms with Crippen molar-refractivity contribution in [2.75, 3.05) is 14.1 Å². The van der Waals surface area contributed by atoms with E-state index in [1.165, 1.54) is 0 Å². The average Bonchev–Trinajstić information content (AvgIpc) is 2.75. The van der Waals surface area contributed by atoms with E-state index in [1.807, 2.05) is 31.2 Å². The molecule has 0 spiro atoms.